The maximum atomic E-state index is 12.5. The summed E-state index contributed by atoms with van der Waals surface area (Å²) in [5.41, 5.74) is 6.29. The highest BCUT2D eigenvalue weighted by Crippen LogP contribution is 2.24. The number of aromatic nitrogens is 2. The Morgan fingerprint density at radius 3 is 2.96 bits per heavy atom. The Balaban J connectivity index is 1.64. The average molecular weight is 349 g/mol. The largest absolute Gasteiger partial charge is 0.338 e. The lowest BCUT2D eigenvalue weighted by atomic mass is 10.1. The van der Waals surface area contributed by atoms with Crippen LogP contribution in [0.1, 0.15) is 25.1 Å². The molecule has 7 nitrogen and oxygen atoms in total. The van der Waals surface area contributed by atoms with Crippen LogP contribution >= 0.6 is 11.3 Å². The second-order valence-electron chi connectivity index (χ2n) is 6.39. The molecule has 3 rings (SSSR count). The number of nitrogens with zero attached hydrogens (tertiary/aromatic N) is 3. The van der Waals surface area contributed by atoms with Gasteiger partial charge < -0.3 is 15.6 Å². The maximum absolute atomic E-state index is 12.5. The van der Waals surface area contributed by atoms with E-state index in [0.717, 1.165) is 12.8 Å². The van der Waals surface area contributed by atoms with Crippen molar-refractivity contribution < 1.29 is 4.79 Å². The van der Waals surface area contributed by atoms with Gasteiger partial charge in [0.25, 0.3) is 5.56 Å². The smallest absolute Gasteiger partial charge is 0.268 e. The highest BCUT2D eigenvalue weighted by molar-refractivity contribution is 7.17. The standard InChI is InChI=1S/C16H23N5O2S/c1-20(14(22)7-10-3-4-11(8-17)21(10)2)9-13-18-12-5-6-24-15(12)16(23)19-13/h5-6,10-11H,3-4,7-9,17H2,1-2H3,(H,18,19,23)/t10-,11+/m0/s1. The third kappa shape index (κ3) is 3.35. The second-order valence-corrected chi connectivity index (χ2v) is 7.30. The van der Waals surface area contributed by atoms with Crippen molar-refractivity contribution in [2.45, 2.75) is 37.9 Å². The quantitative estimate of drug-likeness (QED) is 0.831. The monoisotopic (exact) mass is 349 g/mol. The van der Waals surface area contributed by atoms with Crippen molar-refractivity contribution in [3.63, 3.8) is 0 Å². The summed E-state index contributed by atoms with van der Waals surface area (Å²) < 4.78 is 0.619. The molecule has 2 aromatic rings. The van der Waals surface area contributed by atoms with E-state index < -0.39 is 0 Å². The number of nitrogens with two attached hydrogens (primary N) is 1. The third-order valence-corrected chi connectivity index (χ3v) is 5.75. The molecule has 1 aliphatic heterocycles. The number of thiophene rings is 1. The van der Waals surface area contributed by atoms with Gasteiger partial charge in [-0.2, -0.15) is 0 Å². The van der Waals surface area contributed by atoms with Crippen LogP contribution in [0.5, 0.6) is 0 Å². The number of nitrogens with one attached hydrogen (secondary N) is 1. The summed E-state index contributed by atoms with van der Waals surface area (Å²) in [6, 6.07) is 2.42. The van der Waals surface area contributed by atoms with Gasteiger partial charge in [0, 0.05) is 32.1 Å². The van der Waals surface area contributed by atoms with E-state index in [-0.39, 0.29) is 17.5 Å². The normalized spacial score (nSPS) is 21.5. The summed E-state index contributed by atoms with van der Waals surface area (Å²) in [6.07, 6.45) is 2.50. The number of hydrogen-bond acceptors (Lipinski definition) is 6. The number of carbonyl (C=O) groups excluding carboxylic acids is 1. The predicted octanol–water partition coefficient (Wildman–Crippen LogP) is 0.755. The minimum absolute atomic E-state index is 0.0533. The van der Waals surface area contributed by atoms with Crippen molar-refractivity contribution in [3.05, 3.63) is 27.6 Å². The maximum Gasteiger partial charge on any atom is 0.268 e. The molecule has 3 N–H and O–H groups in total. The van der Waals surface area contributed by atoms with Crippen molar-refractivity contribution in [1.82, 2.24) is 19.8 Å². The number of hydrogen-bond donors (Lipinski definition) is 2. The molecule has 1 fully saturated rings. The zero-order chi connectivity index (χ0) is 17.3. The third-order valence-electron chi connectivity index (χ3n) is 4.84. The fourth-order valence-corrected chi connectivity index (χ4v) is 4.01. The van der Waals surface area contributed by atoms with Crippen LogP contribution in [-0.4, -0.2) is 58.4 Å². The lowest BCUT2D eigenvalue weighted by molar-refractivity contribution is -0.131. The first-order valence-corrected chi connectivity index (χ1v) is 9.00. The Morgan fingerprint density at radius 2 is 2.25 bits per heavy atom. The van der Waals surface area contributed by atoms with Gasteiger partial charge in [-0.25, -0.2) is 4.98 Å². The molecule has 0 aromatic carbocycles. The second kappa shape index (κ2) is 7.00. The molecule has 130 valence electrons. The van der Waals surface area contributed by atoms with Crippen LogP contribution in [-0.2, 0) is 11.3 Å². The van der Waals surface area contributed by atoms with Crippen molar-refractivity contribution in [3.8, 4) is 0 Å². The van der Waals surface area contributed by atoms with Gasteiger partial charge in [0.05, 0.1) is 12.1 Å². The summed E-state index contributed by atoms with van der Waals surface area (Å²) in [5.74, 6) is 0.568. The Hall–Kier alpha value is -1.77. The lowest BCUT2D eigenvalue weighted by Gasteiger charge is -2.26. The van der Waals surface area contributed by atoms with Gasteiger partial charge in [-0.15, -0.1) is 11.3 Å². The van der Waals surface area contributed by atoms with Gasteiger partial charge in [-0.1, -0.05) is 0 Å². The number of amides is 1. The molecule has 0 spiro atoms. The molecule has 1 amide bonds. The van der Waals surface area contributed by atoms with E-state index in [9.17, 15) is 9.59 Å². The SMILES string of the molecule is CN(Cc1nc2ccsc2c(=O)[nH]1)C(=O)C[C@@H]1CC[C@H](CN)N1C. The van der Waals surface area contributed by atoms with Crippen molar-refractivity contribution in [2.24, 2.45) is 5.73 Å². The number of H-pyrrole nitrogens is 1. The van der Waals surface area contributed by atoms with Gasteiger partial charge in [0.2, 0.25) is 5.91 Å². The van der Waals surface area contributed by atoms with Crippen LogP contribution in [0.4, 0.5) is 0 Å². The van der Waals surface area contributed by atoms with Crippen LogP contribution in [0.3, 0.4) is 0 Å². The number of fused-ring (bicyclic) bond motifs is 1. The molecule has 0 unspecified atom stereocenters. The summed E-state index contributed by atoms with van der Waals surface area (Å²) >= 11 is 1.37. The van der Waals surface area contributed by atoms with Crippen LogP contribution in [0, 0.1) is 0 Å². The highest BCUT2D eigenvalue weighted by Gasteiger charge is 2.31. The lowest BCUT2D eigenvalue weighted by Crippen LogP contribution is -2.40. The number of likely N-dealkylation sites (N-methyl/N-ethyl adjacent to an activating group) is 1. The van der Waals surface area contributed by atoms with E-state index in [1.807, 2.05) is 18.5 Å². The number of carbonyl (C=O) groups is 1. The molecule has 1 aliphatic rings. The fourth-order valence-electron chi connectivity index (χ4n) is 3.29. The number of aromatic amines is 1. The Bertz CT molecular complexity index is 786. The molecule has 1 saturated heterocycles. The Morgan fingerprint density at radius 1 is 1.50 bits per heavy atom. The molecular weight excluding hydrogens is 326 g/mol. The minimum atomic E-state index is -0.146. The first kappa shape index (κ1) is 17.1. The molecule has 0 aliphatic carbocycles. The Labute approximate surface area is 144 Å². The zero-order valence-electron chi connectivity index (χ0n) is 14.0. The van der Waals surface area contributed by atoms with E-state index in [1.165, 1.54) is 11.3 Å². The molecule has 8 heteroatoms. The molecular formula is C16H23N5O2S. The van der Waals surface area contributed by atoms with Gasteiger partial charge in [0.1, 0.15) is 10.5 Å². The van der Waals surface area contributed by atoms with Crippen LogP contribution in [0.15, 0.2) is 16.2 Å². The molecule has 0 saturated carbocycles. The van der Waals surface area contributed by atoms with Crippen molar-refractivity contribution in [1.29, 1.82) is 0 Å². The van der Waals surface area contributed by atoms with E-state index in [2.05, 4.69) is 14.9 Å². The number of rotatable bonds is 5. The van der Waals surface area contributed by atoms with Crippen LogP contribution < -0.4 is 11.3 Å². The number of likely N-dealkylation sites (tertiary alicyclic amines) is 1. The predicted molar refractivity (Wildman–Crippen MR) is 95.0 cm³/mol. The van der Waals surface area contributed by atoms with Crippen molar-refractivity contribution >= 4 is 27.5 Å². The van der Waals surface area contributed by atoms with Gasteiger partial charge in [-0.3, -0.25) is 14.5 Å². The summed E-state index contributed by atoms with van der Waals surface area (Å²) in [4.78, 5) is 35.5. The molecule has 2 aromatic heterocycles. The van der Waals surface area contributed by atoms with E-state index >= 15 is 0 Å². The summed E-state index contributed by atoms with van der Waals surface area (Å²) in [7, 11) is 3.78. The van der Waals surface area contributed by atoms with Crippen LogP contribution in [0.2, 0.25) is 0 Å². The van der Waals surface area contributed by atoms with Crippen LogP contribution in [0.25, 0.3) is 10.2 Å². The summed E-state index contributed by atoms with van der Waals surface area (Å²) in [5, 5.41) is 1.84. The van der Waals surface area contributed by atoms with Gasteiger partial charge in [0.15, 0.2) is 0 Å². The van der Waals surface area contributed by atoms with Gasteiger partial charge >= 0.3 is 0 Å². The molecule has 24 heavy (non-hydrogen) atoms. The molecule has 3 heterocycles. The first-order valence-electron chi connectivity index (χ1n) is 8.12. The molecule has 2 atom stereocenters. The molecule has 0 bridgehead atoms. The van der Waals surface area contributed by atoms with E-state index in [0.29, 0.717) is 41.6 Å². The minimum Gasteiger partial charge on any atom is -0.338 e. The van der Waals surface area contributed by atoms with E-state index in [4.69, 9.17) is 5.73 Å². The topological polar surface area (TPSA) is 95.3 Å². The highest BCUT2D eigenvalue weighted by atomic mass is 32.1. The van der Waals surface area contributed by atoms with E-state index in [1.54, 1.807) is 11.9 Å². The van der Waals surface area contributed by atoms with Crippen molar-refractivity contribution in [2.75, 3.05) is 20.6 Å². The molecule has 0 radical (unpaired) electrons. The zero-order valence-corrected chi connectivity index (χ0v) is 14.8. The first-order chi connectivity index (χ1) is 11.5. The fraction of sp³-hybridized carbons (Fsp3) is 0.562. The summed E-state index contributed by atoms with van der Waals surface area (Å²) in [6.45, 7) is 0.930. The van der Waals surface area contributed by atoms with Gasteiger partial charge in [-0.05, 0) is 31.3 Å². The average Bonchev–Trinajstić information content (AvgIpc) is 3.15. The Kier molecular flexibility index (Phi) is 4.98.